The lowest BCUT2D eigenvalue weighted by Gasteiger charge is -1.95. The third-order valence-corrected chi connectivity index (χ3v) is 2.15. The molecule has 0 aliphatic heterocycles. The normalized spacial score (nSPS) is 10.5. The first-order valence-electron chi connectivity index (χ1n) is 4.54. The van der Waals surface area contributed by atoms with Crippen LogP contribution in [0.25, 0.3) is 11.0 Å². The van der Waals surface area contributed by atoms with Crippen LogP contribution in [0, 0.1) is 0 Å². The minimum atomic E-state index is -1.14. The van der Waals surface area contributed by atoms with Crippen LogP contribution in [0.2, 0.25) is 0 Å². The van der Waals surface area contributed by atoms with Crippen LogP contribution in [0.15, 0.2) is 28.7 Å². The molecule has 0 amide bonds. The van der Waals surface area contributed by atoms with Crippen LogP contribution in [0.5, 0.6) is 0 Å². The van der Waals surface area contributed by atoms with Gasteiger partial charge in [-0.3, -0.25) is 4.79 Å². The lowest BCUT2D eigenvalue weighted by atomic mass is 10.1. The number of hydrogen-bond donors (Lipinski definition) is 2. The zero-order valence-corrected chi connectivity index (χ0v) is 8.14. The average Bonchev–Trinajstić information content (AvgIpc) is 2.59. The zero-order chi connectivity index (χ0) is 11.7. The smallest absolute Gasteiger partial charge is 0.371 e. The lowest BCUT2D eigenvalue weighted by Crippen LogP contribution is -1.99. The molecular formula is C11H8O5. The van der Waals surface area contributed by atoms with Gasteiger partial charge in [-0.15, -0.1) is 0 Å². The molecule has 5 nitrogen and oxygen atoms in total. The van der Waals surface area contributed by atoms with Crippen molar-refractivity contribution < 1.29 is 24.2 Å². The number of benzene rings is 1. The molecule has 5 heteroatoms. The van der Waals surface area contributed by atoms with Gasteiger partial charge in [0.05, 0.1) is 6.42 Å². The fraction of sp³-hybridized carbons (Fsp3) is 0.0909. The third kappa shape index (κ3) is 1.88. The third-order valence-electron chi connectivity index (χ3n) is 2.15. The fourth-order valence-corrected chi connectivity index (χ4v) is 1.48. The van der Waals surface area contributed by atoms with E-state index in [9.17, 15) is 9.59 Å². The van der Waals surface area contributed by atoms with E-state index < -0.39 is 11.9 Å². The Balaban J connectivity index is 2.45. The van der Waals surface area contributed by atoms with Crippen molar-refractivity contribution in [2.24, 2.45) is 0 Å². The molecule has 16 heavy (non-hydrogen) atoms. The molecule has 1 heterocycles. The molecule has 0 fully saturated rings. The minimum absolute atomic E-state index is 0.0937. The summed E-state index contributed by atoms with van der Waals surface area (Å²) in [5.74, 6) is -2.22. The van der Waals surface area contributed by atoms with E-state index in [0.717, 1.165) is 0 Å². The highest BCUT2D eigenvalue weighted by molar-refractivity contribution is 5.91. The molecule has 1 aromatic heterocycles. The number of aliphatic carboxylic acids is 1. The van der Waals surface area contributed by atoms with Crippen LogP contribution in [0.1, 0.15) is 16.1 Å². The molecule has 0 aliphatic rings. The molecule has 0 unspecified atom stereocenters. The molecule has 0 radical (unpaired) electrons. The van der Waals surface area contributed by atoms with Crippen molar-refractivity contribution >= 4 is 22.9 Å². The highest BCUT2D eigenvalue weighted by Crippen LogP contribution is 2.21. The van der Waals surface area contributed by atoms with Gasteiger partial charge in [0.15, 0.2) is 0 Å². The van der Waals surface area contributed by atoms with Gasteiger partial charge in [0, 0.05) is 5.39 Å². The maximum absolute atomic E-state index is 10.6. The molecule has 0 bridgehead atoms. The standard InChI is InChI=1S/C11H8O5/c12-10(13)4-6-1-2-8-7(3-6)5-9(16-8)11(14)15/h1-3,5H,4H2,(H,12,13)(H,14,15). The Labute approximate surface area is 89.9 Å². The molecule has 0 atom stereocenters. The Morgan fingerprint density at radius 2 is 1.94 bits per heavy atom. The van der Waals surface area contributed by atoms with Gasteiger partial charge < -0.3 is 14.6 Å². The van der Waals surface area contributed by atoms with Gasteiger partial charge in [0.1, 0.15) is 5.58 Å². The van der Waals surface area contributed by atoms with E-state index in [1.54, 1.807) is 18.2 Å². The van der Waals surface area contributed by atoms with Crippen molar-refractivity contribution in [3.8, 4) is 0 Å². The van der Waals surface area contributed by atoms with Crippen LogP contribution >= 0.6 is 0 Å². The van der Waals surface area contributed by atoms with Crippen LogP contribution in [0.4, 0.5) is 0 Å². The first-order valence-corrected chi connectivity index (χ1v) is 4.54. The summed E-state index contributed by atoms with van der Waals surface area (Å²) in [7, 11) is 0. The summed E-state index contributed by atoms with van der Waals surface area (Å²) in [6, 6.07) is 6.16. The monoisotopic (exact) mass is 220 g/mol. The summed E-state index contributed by atoms with van der Waals surface area (Å²) in [4.78, 5) is 21.1. The first-order chi connectivity index (χ1) is 7.56. The number of hydrogen-bond acceptors (Lipinski definition) is 3. The molecular weight excluding hydrogens is 212 g/mol. The Morgan fingerprint density at radius 1 is 1.19 bits per heavy atom. The van der Waals surface area contributed by atoms with Crippen molar-refractivity contribution in [3.63, 3.8) is 0 Å². The van der Waals surface area contributed by atoms with Crippen molar-refractivity contribution in [2.45, 2.75) is 6.42 Å². The average molecular weight is 220 g/mol. The van der Waals surface area contributed by atoms with E-state index in [1.807, 2.05) is 0 Å². The molecule has 82 valence electrons. The Bertz CT molecular complexity index is 567. The summed E-state index contributed by atoms with van der Waals surface area (Å²) in [6.45, 7) is 0. The number of carbonyl (C=O) groups is 2. The highest BCUT2D eigenvalue weighted by atomic mass is 16.4. The van der Waals surface area contributed by atoms with Crippen molar-refractivity contribution in [2.75, 3.05) is 0 Å². The van der Waals surface area contributed by atoms with Crippen LogP contribution in [-0.2, 0) is 11.2 Å². The lowest BCUT2D eigenvalue weighted by molar-refractivity contribution is -0.136. The largest absolute Gasteiger partial charge is 0.481 e. The summed E-state index contributed by atoms with van der Waals surface area (Å²) >= 11 is 0. The van der Waals surface area contributed by atoms with E-state index >= 15 is 0 Å². The second-order valence-corrected chi connectivity index (χ2v) is 3.36. The molecule has 2 rings (SSSR count). The molecule has 2 aromatic rings. The van der Waals surface area contributed by atoms with Gasteiger partial charge in [-0.2, -0.15) is 0 Å². The van der Waals surface area contributed by atoms with E-state index in [0.29, 0.717) is 16.5 Å². The summed E-state index contributed by atoms with van der Waals surface area (Å²) < 4.78 is 5.04. The van der Waals surface area contributed by atoms with Crippen molar-refractivity contribution in [3.05, 3.63) is 35.6 Å². The maximum atomic E-state index is 10.6. The van der Waals surface area contributed by atoms with Gasteiger partial charge in [0.2, 0.25) is 5.76 Å². The quantitative estimate of drug-likeness (QED) is 0.822. The van der Waals surface area contributed by atoms with Crippen molar-refractivity contribution in [1.29, 1.82) is 0 Å². The van der Waals surface area contributed by atoms with Gasteiger partial charge in [-0.25, -0.2) is 4.79 Å². The first kappa shape index (κ1) is 10.2. The summed E-state index contributed by atoms with van der Waals surface area (Å²) in [5.41, 5.74) is 1.05. The number of rotatable bonds is 3. The molecule has 0 aliphatic carbocycles. The van der Waals surface area contributed by atoms with Gasteiger partial charge in [0.25, 0.3) is 0 Å². The van der Waals surface area contributed by atoms with Crippen LogP contribution in [0.3, 0.4) is 0 Å². The SMILES string of the molecule is O=C(O)Cc1ccc2oc(C(=O)O)cc2c1. The number of carboxylic acid groups (broad SMARTS) is 2. The van der Waals surface area contributed by atoms with Gasteiger partial charge in [-0.05, 0) is 23.8 Å². The minimum Gasteiger partial charge on any atom is -0.481 e. The number of fused-ring (bicyclic) bond motifs is 1. The topological polar surface area (TPSA) is 87.7 Å². The molecule has 1 aromatic carbocycles. The zero-order valence-electron chi connectivity index (χ0n) is 8.14. The predicted octanol–water partition coefficient (Wildman–Crippen LogP) is 1.76. The molecule has 0 saturated heterocycles. The van der Waals surface area contributed by atoms with E-state index in [4.69, 9.17) is 14.6 Å². The van der Waals surface area contributed by atoms with E-state index in [-0.39, 0.29) is 12.2 Å². The number of aromatic carboxylic acids is 1. The van der Waals surface area contributed by atoms with Crippen molar-refractivity contribution in [1.82, 2.24) is 0 Å². The van der Waals surface area contributed by atoms with Gasteiger partial charge >= 0.3 is 11.9 Å². The Hall–Kier alpha value is -2.30. The van der Waals surface area contributed by atoms with E-state index in [2.05, 4.69) is 0 Å². The number of carboxylic acids is 2. The van der Waals surface area contributed by atoms with Crippen LogP contribution in [-0.4, -0.2) is 22.2 Å². The van der Waals surface area contributed by atoms with E-state index in [1.165, 1.54) is 6.07 Å². The maximum Gasteiger partial charge on any atom is 0.371 e. The Kier molecular flexibility index (Phi) is 2.36. The van der Waals surface area contributed by atoms with Crippen LogP contribution < -0.4 is 0 Å². The predicted molar refractivity (Wildman–Crippen MR) is 54.5 cm³/mol. The second-order valence-electron chi connectivity index (χ2n) is 3.36. The summed E-state index contributed by atoms with van der Waals surface area (Å²) in [5, 5.41) is 17.9. The molecule has 0 spiro atoms. The highest BCUT2D eigenvalue weighted by Gasteiger charge is 2.11. The number of furan rings is 1. The second kappa shape index (κ2) is 3.69. The van der Waals surface area contributed by atoms with Gasteiger partial charge in [-0.1, -0.05) is 6.07 Å². The molecule has 0 saturated carbocycles. The Morgan fingerprint density at radius 3 is 2.56 bits per heavy atom. The fourth-order valence-electron chi connectivity index (χ4n) is 1.48. The summed E-state index contributed by atoms with van der Waals surface area (Å²) in [6.07, 6.45) is -0.0937. The molecule has 2 N–H and O–H groups in total.